The van der Waals surface area contributed by atoms with Crippen molar-refractivity contribution in [1.29, 1.82) is 0 Å². The van der Waals surface area contributed by atoms with E-state index >= 15 is 0 Å². The van der Waals surface area contributed by atoms with Gasteiger partial charge in [0.2, 0.25) is 0 Å². The van der Waals surface area contributed by atoms with Gasteiger partial charge in [0.05, 0.1) is 6.10 Å². The van der Waals surface area contributed by atoms with Crippen LogP contribution in [0.3, 0.4) is 0 Å². The van der Waals surface area contributed by atoms with Crippen LogP contribution >= 0.6 is 0 Å². The summed E-state index contributed by atoms with van der Waals surface area (Å²) in [6, 6.07) is 0. The fourth-order valence-electron chi connectivity index (χ4n) is 9.14. The largest absolute Gasteiger partial charge is 0.396 e. The van der Waals surface area contributed by atoms with Crippen molar-refractivity contribution in [3.05, 3.63) is 0 Å². The average Bonchev–Trinajstić information content (AvgIpc) is 2.99. The molecule has 10 atom stereocenters. The highest BCUT2D eigenvalue weighted by atomic mass is 16.3. The predicted molar refractivity (Wildman–Crippen MR) is 107 cm³/mol. The van der Waals surface area contributed by atoms with Crippen LogP contribution in [0.4, 0.5) is 0 Å². The summed E-state index contributed by atoms with van der Waals surface area (Å²) in [7, 11) is 0. The van der Waals surface area contributed by atoms with Gasteiger partial charge in [-0.1, -0.05) is 47.0 Å². The number of aliphatic hydroxyl groups is 2. The summed E-state index contributed by atoms with van der Waals surface area (Å²) in [5.74, 6) is 4.21. The van der Waals surface area contributed by atoms with Crippen LogP contribution in [0, 0.1) is 52.3 Å². The first kappa shape index (κ1) is 19.2. The number of fused-ring (bicyclic) bond motifs is 5. The molecule has 2 N–H and O–H groups in total. The third-order valence-corrected chi connectivity index (χ3v) is 10.4. The average molecular weight is 363 g/mol. The second-order valence-corrected chi connectivity index (χ2v) is 11.1. The van der Waals surface area contributed by atoms with Crippen molar-refractivity contribution in [1.82, 2.24) is 0 Å². The maximum Gasteiger partial charge on any atom is 0.0605 e. The van der Waals surface area contributed by atoms with Crippen molar-refractivity contribution in [2.24, 2.45) is 52.3 Å². The maximum atomic E-state index is 11.6. The van der Waals surface area contributed by atoms with Gasteiger partial charge in [-0.25, -0.2) is 0 Å². The van der Waals surface area contributed by atoms with Crippen molar-refractivity contribution < 1.29 is 10.2 Å². The number of hydrogen-bond donors (Lipinski definition) is 2. The monoisotopic (exact) mass is 362 g/mol. The van der Waals surface area contributed by atoms with Crippen molar-refractivity contribution >= 4 is 0 Å². The molecule has 0 saturated heterocycles. The lowest BCUT2D eigenvalue weighted by atomic mass is 9.41. The quantitative estimate of drug-likeness (QED) is 0.718. The molecule has 0 amide bonds. The molecular weight excluding hydrogens is 320 g/mol. The van der Waals surface area contributed by atoms with Gasteiger partial charge in [0, 0.05) is 6.61 Å². The van der Waals surface area contributed by atoms with E-state index in [0.717, 1.165) is 18.3 Å². The molecule has 0 bridgehead atoms. The number of aliphatic hydroxyl groups excluding tert-OH is 2. The molecule has 0 aromatic carbocycles. The summed E-state index contributed by atoms with van der Waals surface area (Å²) in [5.41, 5.74) is 0.797. The van der Waals surface area contributed by atoms with Gasteiger partial charge in [-0.05, 0) is 90.8 Å². The first-order valence-electron chi connectivity index (χ1n) is 11.7. The van der Waals surface area contributed by atoms with Gasteiger partial charge in [-0.2, -0.15) is 0 Å². The molecule has 4 saturated carbocycles. The van der Waals surface area contributed by atoms with Gasteiger partial charge in [0.25, 0.3) is 0 Å². The van der Waals surface area contributed by atoms with Crippen molar-refractivity contribution in [3.63, 3.8) is 0 Å². The molecule has 0 heterocycles. The molecule has 0 aliphatic heterocycles. The molecule has 4 fully saturated rings. The van der Waals surface area contributed by atoms with Crippen LogP contribution in [0.5, 0.6) is 0 Å². The minimum Gasteiger partial charge on any atom is -0.396 e. The molecule has 4 unspecified atom stereocenters. The topological polar surface area (TPSA) is 40.5 Å². The molecule has 150 valence electrons. The van der Waals surface area contributed by atoms with E-state index < -0.39 is 0 Å². The Bertz CT molecular complexity index is 518. The minimum atomic E-state index is -0.0889. The highest BCUT2D eigenvalue weighted by molar-refractivity contribution is 5.13. The van der Waals surface area contributed by atoms with Crippen LogP contribution in [0.15, 0.2) is 0 Å². The van der Waals surface area contributed by atoms with Gasteiger partial charge in [0.15, 0.2) is 0 Å². The van der Waals surface area contributed by atoms with Crippen LogP contribution in [-0.2, 0) is 0 Å². The number of rotatable bonds is 3. The van der Waals surface area contributed by atoms with E-state index in [1.807, 2.05) is 0 Å². The van der Waals surface area contributed by atoms with E-state index in [4.69, 9.17) is 0 Å². The van der Waals surface area contributed by atoms with Gasteiger partial charge >= 0.3 is 0 Å². The third kappa shape index (κ3) is 2.50. The first-order chi connectivity index (χ1) is 12.4. The van der Waals surface area contributed by atoms with Gasteiger partial charge in [-0.15, -0.1) is 0 Å². The van der Waals surface area contributed by atoms with Crippen LogP contribution in [-0.4, -0.2) is 22.9 Å². The second-order valence-electron chi connectivity index (χ2n) is 11.1. The Hall–Kier alpha value is -0.0800. The SMILES string of the molecule is CC[C@@H]1C2CCCCC2(C)[C@H]2CCC3(C)C([C@H](C)CO)CC[C@H]3[C@@H]2[C@@H]1O. The smallest absolute Gasteiger partial charge is 0.0605 e. The summed E-state index contributed by atoms with van der Waals surface area (Å²) in [6.45, 7) is 10.0. The summed E-state index contributed by atoms with van der Waals surface area (Å²) in [5, 5.41) is 21.4. The van der Waals surface area contributed by atoms with Crippen LogP contribution in [0.1, 0.15) is 85.5 Å². The highest BCUT2D eigenvalue weighted by Crippen LogP contribution is 2.69. The van der Waals surface area contributed by atoms with E-state index in [1.165, 1.54) is 51.4 Å². The van der Waals surface area contributed by atoms with Crippen molar-refractivity contribution in [3.8, 4) is 0 Å². The molecule has 26 heavy (non-hydrogen) atoms. The molecule has 4 aliphatic rings. The normalized spacial score (nSPS) is 54.9. The maximum absolute atomic E-state index is 11.6. The third-order valence-electron chi connectivity index (χ3n) is 10.4. The molecule has 4 rings (SSSR count). The summed E-state index contributed by atoms with van der Waals surface area (Å²) in [4.78, 5) is 0. The van der Waals surface area contributed by atoms with Crippen LogP contribution in [0.2, 0.25) is 0 Å². The Kier molecular flexibility index (Phi) is 5.01. The van der Waals surface area contributed by atoms with Crippen molar-refractivity contribution in [2.75, 3.05) is 6.61 Å². The Morgan fingerprint density at radius 2 is 1.65 bits per heavy atom. The molecule has 0 radical (unpaired) electrons. The molecule has 2 nitrogen and oxygen atoms in total. The molecule has 0 spiro atoms. The van der Waals surface area contributed by atoms with Crippen LogP contribution in [0.25, 0.3) is 0 Å². The minimum absolute atomic E-state index is 0.0889. The van der Waals surface area contributed by atoms with E-state index in [9.17, 15) is 10.2 Å². The van der Waals surface area contributed by atoms with E-state index in [1.54, 1.807) is 0 Å². The Labute approximate surface area is 161 Å². The van der Waals surface area contributed by atoms with Crippen LogP contribution < -0.4 is 0 Å². The molecule has 0 aromatic heterocycles. The van der Waals surface area contributed by atoms with Crippen molar-refractivity contribution in [2.45, 2.75) is 91.6 Å². The first-order valence-corrected chi connectivity index (χ1v) is 11.7. The standard InChI is InChI=1S/C24H42O2/c1-5-16-18-8-6-7-12-23(18,3)20-11-13-24(4)17(15(2)14-25)9-10-19(24)21(20)22(16)26/h15-22,25-26H,5-14H2,1-4H3/t15-,16-,17?,18?,19+,20+,21+,22-,23?,24?/m1/s1. The second kappa shape index (κ2) is 6.76. The Morgan fingerprint density at radius 3 is 2.35 bits per heavy atom. The Balaban J connectivity index is 1.70. The zero-order valence-corrected chi connectivity index (χ0v) is 17.6. The van der Waals surface area contributed by atoms with Gasteiger partial charge in [0.1, 0.15) is 0 Å². The zero-order valence-electron chi connectivity index (χ0n) is 17.6. The number of hydrogen-bond acceptors (Lipinski definition) is 2. The van der Waals surface area contributed by atoms with E-state index in [-0.39, 0.29) is 6.10 Å². The Morgan fingerprint density at radius 1 is 0.923 bits per heavy atom. The molecular formula is C24H42O2. The predicted octanol–water partition coefficient (Wildman–Crippen LogP) is 5.27. The molecule has 0 aromatic rings. The summed E-state index contributed by atoms with van der Waals surface area (Å²) >= 11 is 0. The lowest BCUT2D eigenvalue weighted by molar-refractivity contribution is -0.194. The fraction of sp³-hybridized carbons (Fsp3) is 1.00. The molecule has 2 heteroatoms. The van der Waals surface area contributed by atoms with E-state index in [2.05, 4.69) is 27.7 Å². The highest BCUT2D eigenvalue weighted by Gasteiger charge is 2.64. The summed E-state index contributed by atoms with van der Waals surface area (Å²) in [6.07, 6.45) is 11.7. The summed E-state index contributed by atoms with van der Waals surface area (Å²) < 4.78 is 0. The van der Waals surface area contributed by atoms with Gasteiger partial charge in [-0.3, -0.25) is 0 Å². The molecule has 4 aliphatic carbocycles. The van der Waals surface area contributed by atoms with E-state index in [0.29, 0.717) is 47.0 Å². The lowest BCUT2D eigenvalue weighted by Crippen LogP contribution is -2.61. The lowest BCUT2D eigenvalue weighted by Gasteiger charge is -2.64. The fourth-order valence-corrected chi connectivity index (χ4v) is 9.14. The van der Waals surface area contributed by atoms with Gasteiger partial charge < -0.3 is 10.2 Å². The zero-order chi connectivity index (χ0) is 18.7.